The van der Waals surface area contributed by atoms with E-state index in [9.17, 15) is 15.0 Å². The van der Waals surface area contributed by atoms with E-state index in [0.717, 1.165) is 24.3 Å². The Morgan fingerprint density at radius 3 is 2.04 bits per heavy atom. The van der Waals surface area contributed by atoms with Crippen LogP contribution in [0.2, 0.25) is 0 Å². The van der Waals surface area contributed by atoms with Crippen molar-refractivity contribution >= 4 is 12.3 Å². The standard InChI is InChI=1S/C22H38N2O3.C9H9N.C5H12.C3H8.C2H2/c1-5-7-8-18-15-17(9-10-22(18)11-12-22)16-24(20(25)26)19(6-2)23-14-13-21(3,4)27;1-7-3-4-9(6-10)5-8(7)2;1-3-5-4-2;1-3-2;1-2/h6,14,17-18,27H,5,7-13,15-16H2,1-4H3,(H,25,26);3-5H,1-2H3;3-5H2,1-2H3;3H2,1-2H3;1-2H/b19-6+,23-14-;;;;. The second kappa shape index (κ2) is 25.9. The highest BCUT2D eigenvalue weighted by Crippen LogP contribution is 2.61. The summed E-state index contributed by atoms with van der Waals surface area (Å²) in [4.78, 5) is 17.6. The number of unbranched alkanes of at least 4 members (excludes halogenated alkanes) is 3. The van der Waals surface area contributed by atoms with Gasteiger partial charge in [0.15, 0.2) is 0 Å². The lowest BCUT2D eigenvalue weighted by molar-refractivity contribution is 0.0896. The number of amides is 1. The molecule has 1 spiro atoms. The first kappa shape index (κ1) is 46.0. The van der Waals surface area contributed by atoms with Crippen molar-refractivity contribution in [2.75, 3.05) is 6.54 Å². The van der Waals surface area contributed by atoms with Gasteiger partial charge in [0.1, 0.15) is 5.82 Å². The third-order valence-electron chi connectivity index (χ3n) is 8.70. The summed E-state index contributed by atoms with van der Waals surface area (Å²) in [5.74, 6) is 1.64. The summed E-state index contributed by atoms with van der Waals surface area (Å²) >= 11 is 0. The molecule has 2 atom stereocenters. The molecule has 2 aliphatic rings. The minimum atomic E-state index is -0.944. The summed E-state index contributed by atoms with van der Waals surface area (Å²) in [7, 11) is 0. The van der Waals surface area contributed by atoms with Gasteiger partial charge in [0, 0.05) is 19.2 Å². The predicted octanol–water partition coefficient (Wildman–Crippen LogP) is 11.5. The first-order valence-corrected chi connectivity index (χ1v) is 18.0. The maximum Gasteiger partial charge on any atom is 0.413 e. The fourth-order valence-electron chi connectivity index (χ4n) is 5.68. The molecular weight excluding hydrogens is 582 g/mol. The lowest BCUT2D eigenvalue weighted by atomic mass is 9.69. The Labute approximate surface area is 289 Å². The van der Waals surface area contributed by atoms with E-state index < -0.39 is 11.7 Å². The molecule has 1 aromatic rings. The molecule has 0 radical (unpaired) electrons. The van der Waals surface area contributed by atoms with Crippen LogP contribution in [-0.4, -0.2) is 39.6 Å². The second-order valence-electron chi connectivity index (χ2n) is 13.7. The van der Waals surface area contributed by atoms with Crippen molar-refractivity contribution in [2.45, 2.75) is 158 Å². The molecule has 2 unspecified atom stereocenters. The van der Waals surface area contributed by atoms with E-state index in [-0.39, 0.29) is 0 Å². The fraction of sp³-hybridized carbons (Fsp3) is 0.683. The lowest BCUT2D eigenvalue weighted by Gasteiger charge is -2.38. The van der Waals surface area contributed by atoms with E-state index >= 15 is 0 Å². The van der Waals surface area contributed by atoms with Gasteiger partial charge in [0.05, 0.1) is 17.2 Å². The average molecular weight is 652 g/mol. The summed E-state index contributed by atoms with van der Waals surface area (Å²) in [5.41, 5.74) is 2.90. The first-order valence-electron chi connectivity index (χ1n) is 18.0. The summed E-state index contributed by atoms with van der Waals surface area (Å²) in [6.07, 6.45) is 26.2. The molecule has 1 amide bonds. The predicted molar refractivity (Wildman–Crippen MR) is 202 cm³/mol. The molecule has 0 aromatic heterocycles. The third kappa shape index (κ3) is 20.0. The van der Waals surface area contributed by atoms with Gasteiger partial charge in [-0.3, -0.25) is 4.90 Å². The fourth-order valence-corrected chi connectivity index (χ4v) is 5.68. The van der Waals surface area contributed by atoms with Crippen LogP contribution >= 0.6 is 0 Å². The normalized spacial score (nSPS) is 17.7. The largest absolute Gasteiger partial charge is 0.465 e. The van der Waals surface area contributed by atoms with Gasteiger partial charge in [-0.05, 0) is 120 Å². The van der Waals surface area contributed by atoms with E-state index in [1.54, 1.807) is 26.1 Å². The van der Waals surface area contributed by atoms with Crippen LogP contribution in [0.25, 0.3) is 0 Å². The topological polar surface area (TPSA) is 96.9 Å². The molecule has 2 saturated carbocycles. The molecule has 0 heterocycles. The number of carboxylic acid groups (broad SMARTS) is 1. The van der Waals surface area contributed by atoms with Crippen molar-refractivity contribution in [3.05, 3.63) is 46.8 Å². The maximum atomic E-state index is 11.9. The quantitative estimate of drug-likeness (QED) is 0.184. The van der Waals surface area contributed by atoms with Crippen LogP contribution < -0.4 is 0 Å². The Balaban J connectivity index is 0. The number of aliphatic imine (C=N–C) groups is 1. The van der Waals surface area contributed by atoms with E-state index in [0.29, 0.717) is 30.1 Å². The van der Waals surface area contributed by atoms with Crippen molar-refractivity contribution in [1.29, 1.82) is 5.26 Å². The molecule has 6 nitrogen and oxygen atoms in total. The zero-order chi connectivity index (χ0) is 36.5. The number of hydrogen-bond donors (Lipinski definition) is 2. The molecule has 266 valence electrons. The summed E-state index contributed by atoms with van der Waals surface area (Å²) in [6, 6.07) is 7.79. The SMILES string of the molecule is C#C.C/C=C(\N=C/CC(C)(C)O)N(CC1CCC2(CC2)C(CCCC)C1)C(=O)O.CCC.CCCCC.Cc1ccc(C#N)cc1C. The van der Waals surface area contributed by atoms with Crippen LogP contribution in [0.15, 0.2) is 35.1 Å². The summed E-state index contributed by atoms with van der Waals surface area (Å²) < 4.78 is 0. The van der Waals surface area contributed by atoms with Crippen molar-refractivity contribution in [3.8, 4) is 18.9 Å². The van der Waals surface area contributed by atoms with E-state index in [2.05, 4.69) is 58.5 Å². The molecule has 47 heavy (non-hydrogen) atoms. The third-order valence-corrected chi connectivity index (χ3v) is 8.70. The molecule has 6 heteroatoms. The smallest absolute Gasteiger partial charge is 0.413 e. The number of benzene rings is 1. The zero-order valence-electron chi connectivity index (χ0n) is 31.7. The molecule has 0 aliphatic heterocycles. The van der Waals surface area contributed by atoms with E-state index in [4.69, 9.17) is 5.26 Å². The van der Waals surface area contributed by atoms with E-state index in [1.807, 2.05) is 39.0 Å². The number of terminal acetylenes is 1. The van der Waals surface area contributed by atoms with Crippen LogP contribution in [0, 0.1) is 55.3 Å². The molecule has 1 aromatic carbocycles. The van der Waals surface area contributed by atoms with Gasteiger partial charge < -0.3 is 10.2 Å². The minimum absolute atomic E-state index is 0.392. The number of aryl methyl sites for hydroxylation is 2. The number of rotatable bonds is 11. The van der Waals surface area contributed by atoms with Crippen LogP contribution in [0.3, 0.4) is 0 Å². The highest BCUT2D eigenvalue weighted by Gasteiger charge is 2.51. The van der Waals surface area contributed by atoms with Gasteiger partial charge in [-0.25, -0.2) is 9.79 Å². The molecule has 2 fully saturated rings. The van der Waals surface area contributed by atoms with Crippen molar-refractivity contribution in [3.63, 3.8) is 0 Å². The summed E-state index contributed by atoms with van der Waals surface area (Å²) in [5, 5.41) is 28.1. The maximum absolute atomic E-state index is 11.9. The zero-order valence-corrected chi connectivity index (χ0v) is 31.7. The van der Waals surface area contributed by atoms with Gasteiger partial charge in [-0.1, -0.05) is 79.2 Å². The number of hydrogen-bond acceptors (Lipinski definition) is 4. The number of aliphatic hydroxyl groups is 1. The molecular formula is C41H69N3O3. The van der Waals surface area contributed by atoms with Gasteiger partial charge in [0.2, 0.25) is 0 Å². The van der Waals surface area contributed by atoms with Crippen molar-refractivity contribution < 1.29 is 15.0 Å². The lowest BCUT2D eigenvalue weighted by Crippen LogP contribution is -2.37. The van der Waals surface area contributed by atoms with Crippen LogP contribution in [0.1, 0.15) is 156 Å². The van der Waals surface area contributed by atoms with Crippen LogP contribution in [0.5, 0.6) is 0 Å². The van der Waals surface area contributed by atoms with Gasteiger partial charge in [-0.15, -0.1) is 12.8 Å². The summed E-state index contributed by atoms with van der Waals surface area (Å²) in [6.45, 7) is 20.7. The highest BCUT2D eigenvalue weighted by atomic mass is 16.4. The number of allylic oxidation sites excluding steroid dienone is 1. The van der Waals surface area contributed by atoms with Gasteiger partial charge in [-0.2, -0.15) is 5.26 Å². The number of nitriles is 1. The molecule has 2 aliphatic carbocycles. The second-order valence-corrected chi connectivity index (χ2v) is 13.7. The molecule has 2 N–H and O–H groups in total. The van der Waals surface area contributed by atoms with Gasteiger partial charge in [0.25, 0.3) is 0 Å². The van der Waals surface area contributed by atoms with Gasteiger partial charge >= 0.3 is 6.09 Å². The number of carbonyl (C=O) groups is 1. The van der Waals surface area contributed by atoms with Crippen LogP contribution in [-0.2, 0) is 0 Å². The monoisotopic (exact) mass is 652 g/mol. The van der Waals surface area contributed by atoms with Crippen LogP contribution in [0.4, 0.5) is 4.79 Å². The minimum Gasteiger partial charge on any atom is -0.465 e. The number of nitrogens with zero attached hydrogens (tertiary/aromatic N) is 3. The molecule has 0 saturated heterocycles. The average Bonchev–Trinajstić information content (AvgIpc) is 3.82. The Kier molecular flexibility index (Phi) is 25.4. The van der Waals surface area contributed by atoms with Crippen molar-refractivity contribution in [2.24, 2.45) is 22.2 Å². The molecule has 3 rings (SSSR count). The Hall–Kier alpha value is -3.09. The van der Waals surface area contributed by atoms with Crippen molar-refractivity contribution in [1.82, 2.24) is 4.90 Å². The Morgan fingerprint density at radius 1 is 1.06 bits per heavy atom. The molecule has 0 bridgehead atoms. The Morgan fingerprint density at radius 2 is 1.64 bits per heavy atom. The first-order chi connectivity index (χ1) is 22.3. The highest BCUT2D eigenvalue weighted by molar-refractivity contribution is 5.69. The Bertz CT molecular complexity index is 1100. The van der Waals surface area contributed by atoms with E-state index in [1.165, 1.54) is 80.2 Å².